The van der Waals surface area contributed by atoms with Crippen molar-refractivity contribution in [3.05, 3.63) is 93.4 Å². The van der Waals surface area contributed by atoms with E-state index in [9.17, 15) is 29.9 Å². The molecule has 3 aromatic rings. The predicted molar refractivity (Wildman–Crippen MR) is 119 cm³/mol. The van der Waals surface area contributed by atoms with Gasteiger partial charge in [-0.3, -0.25) is 19.7 Å². The zero-order chi connectivity index (χ0) is 24.4. The summed E-state index contributed by atoms with van der Waals surface area (Å²) in [7, 11) is 0. The number of carbonyl (C=O) groups excluding carboxylic acids is 2. The number of phenols is 1. The van der Waals surface area contributed by atoms with Gasteiger partial charge in [0.2, 0.25) is 0 Å². The molecule has 1 atom stereocenters. The highest BCUT2D eigenvalue weighted by molar-refractivity contribution is 6.46. The standard InChI is InChI=1S/C24H20N2O8/c1-2-33-19-12-14(8-9-18(19)27)21-20(22(28)15-5-3-6-16(11-15)26(31)32)23(29)24(30)25(21)13-17-7-4-10-34-17/h3-12,21,27-28H,2,13H2,1H3/b22-20-. The second kappa shape index (κ2) is 9.10. The van der Waals surface area contributed by atoms with E-state index >= 15 is 0 Å². The van der Waals surface area contributed by atoms with Crippen LogP contribution in [0.25, 0.3) is 5.76 Å². The van der Waals surface area contributed by atoms with E-state index in [1.807, 2.05) is 0 Å². The van der Waals surface area contributed by atoms with Crippen LogP contribution in [0.5, 0.6) is 11.5 Å². The number of carbonyl (C=O) groups is 2. The summed E-state index contributed by atoms with van der Waals surface area (Å²) >= 11 is 0. The number of furan rings is 1. The number of ketones is 1. The Balaban J connectivity index is 1.90. The van der Waals surface area contributed by atoms with Crippen LogP contribution in [0.1, 0.15) is 29.9 Å². The first-order valence-corrected chi connectivity index (χ1v) is 10.3. The van der Waals surface area contributed by atoms with Crippen LogP contribution >= 0.6 is 0 Å². The summed E-state index contributed by atoms with van der Waals surface area (Å²) < 4.78 is 10.8. The number of Topliss-reactive ketones (excluding diaryl/α,β-unsaturated/α-hetero) is 1. The van der Waals surface area contributed by atoms with Gasteiger partial charge in [-0.15, -0.1) is 0 Å². The van der Waals surface area contributed by atoms with E-state index in [0.717, 1.165) is 6.07 Å². The van der Waals surface area contributed by atoms with Crippen molar-refractivity contribution < 1.29 is 33.9 Å². The maximum Gasteiger partial charge on any atom is 0.296 e. The van der Waals surface area contributed by atoms with Gasteiger partial charge < -0.3 is 24.3 Å². The van der Waals surface area contributed by atoms with Crippen LogP contribution in [0.2, 0.25) is 0 Å². The fraction of sp³-hybridized carbons (Fsp3) is 0.167. The molecule has 1 aliphatic heterocycles. The molecule has 0 aliphatic carbocycles. The number of hydrogen-bond acceptors (Lipinski definition) is 8. The maximum atomic E-state index is 13.1. The Morgan fingerprint density at radius 1 is 1.18 bits per heavy atom. The Hall–Kier alpha value is -4.60. The van der Waals surface area contributed by atoms with Crippen molar-refractivity contribution in [2.24, 2.45) is 0 Å². The molecule has 1 fully saturated rings. The molecule has 34 heavy (non-hydrogen) atoms. The molecule has 1 amide bonds. The smallest absolute Gasteiger partial charge is 0.296 e. The molecule has 1 saturated heterocycles. The lowest BCUT2D eigenvalue weighted by Gasteiger charge is -2.25. The van der Waals surface area contributed by atoms with E-state index in [1.165, 1.54) is 47.6 Å². The molecule has 0 saturated carbocycles. The molecule has 10 heteroatoms. The van der Waals surface area contributed by atoms with Gasteiger partial charge in [0.15, 0.2) is 11.5 Å². The molecule has 0 radical (unpaired) electrons. The van der Waals surface area contributed by atoms with Crippen LogP contribution in [0.15, 0.2) is 70.9 Å². The van der Waals surface area contributed by atoms with E-state index in [1.54, 1.807) is 19.1 Å². The van der Waals surface area contributed by atoms with Crippen molar-refractivity contribution in [3.8, 4) is 11.5 Å². The van der Waals surface area contributed by atoms with Gasteiger partial charge in [0.1, 0.15) is 11.5 Å². The predicted octanol–water partition coefficient (Wildman–Crippen LogP) is 3.91. The molecular formula is C24H20N2O8. The number of benzene rings is 2. The number of ether oxygens (including phenoxy) is 1. The lowest BCUT2D eigenvalue weighted by Crippen LogP contribution is -2.29. The maximum absolute atomic E-state index is 13.1. The molecule has 1 aliphatic rings. The van der Waals surface area contributed by atoms with Crippen molar-refractivity contribution in [3.63, 3.8) is 0 Å². The molecule has 0 bridgehead atoms. The third-order valence-corrected chi connectivity index (χ3v) is 5.38. The molecule has 10 nitrogen and oxygen atoms in total. The molecule has 2 N–H and O–H groups in total. The molecule has 1 aromatic heterocycles. The topological polar surface area (TPSA) is 143 Å². The Bertz CT molecular complexity index is 1300. The number of rotatable bonds is 7. The van der Waals surface area contributed by atoms with Crippen LogP contribution in [0.4, 0.5) is 5.69 Å². The van der Waals surface area contributed by atoms with Gasteiger partial charge in [-0.2, -0.15) is 0 Å². The second-order valence-electron chi connectivity index (χ2n) is 7.47. The van der Waals surface area contributed by atoms with E-state index in [2.05, 4.69) is 0 Å². The number of aliphatic hydroxyl groups is 1. The fourth-order valence-corrected chi connectivity index (χ4v) is 3.85. The van der Waals surface area contributed by atoms with E-state index in [4.69, 9.17) is 9.15 Å². The Labute approximate surface area is 193 Å². The van der Waals surface area contributed by atoms with Crippen LogP contribution < -0.4 is 4.74 Å². The zero-order valence-corrected chi connectivity index (χ0v) is 18.0. The number of likely N-dealkylation sites (tertiary alicyclic amines) is 1. The lowest BCUT2D eigenvalue weighted by molar-refractivity contribution is -0.384. The minimum atomic E-state index is -1.07. The summed E-state index contributed by atoms with van der Waals surface area (Å²) in [5.74, 6) is -1.97. The number of nitrogens with zero attached hydrogens (tertiary/aromatic N) is 2. The fourth-order valence-electron chi connectivity index (χ4n) is 3.85. The largest absolute Gasteiger partial charge is 0.507 e. The van der Waals surface area contributed by atoms with Crippen molar-refractivity contribution in [1.82, 2.24) is 4.90 Å². The lowest BCUT2D eigenvalue weighted by atomic mass is 9.94. The van der Waals surface area contributed by atoms with Crippen LogP contribution in [-0.4, -0.2) is 38.3 Å². The van der Waals surface area contributed by atoms with Crippen LogP contribution in [0, 0.1) is 10.1 Å². The number of amides is 1. The summed E-state index contributed by atoms with van der Waals surface area (Å²) in [4.78, 5) is 37.9. The summed E-state index contributed by atoms with van der Waals surface area (Å²) in [6, 6.07) is 11.7. The van der Waals surface area contributed by atoms with E-state index in [0.29, 0.717) is 11.3 Å². The van der Waals surface area contributed by atoms with Gasteiger partial charge in [-0.05, 0) is 36.8 Å². The van der Waals surface area contributed by atoms with Crippen molar-refractivity contribution >= 4 is 23.1 Å². The number of nitro groups is 1. The normalized spacial score (nSPS) is 17.2. The highest BCUT2D eigenvalue weighted by atomic mass is 16.6. The van der Waals surface area contributed by atoms with Crippen molar-refractivity contribution in [2.75, 3.05) is 6.61 Å². The van der Waals surface area contributed by atoms with Gasteiger partial charge in [0.25, 0.3) is 17.4 Å². The third-order valence-electron chi connectivity index (χ3n) is 5.38. The molecule has 0 spiro atoms. The minimum Gasteiger partial charge on any atom is -0.507 e. The highest BCUT2D eigenvalue weighted by Gasteiger charge is 2.46. The number of hydrogen-bond donors (Lipinski definition) is 2. The van der Waals surface area contributed by atoms with Gasteiger partial charge >= 0.3 is 0 Å². The van der Waals surface area contributed by atoms with Crippen molar-refractivity contribution in [2.45, 2.75) is 19.5 Å². The third kappa shape index (κ3) is 4.08. The summed E-state index contributed by atoms with van der Waals surface area (Å²) in [6.07, 6.45) is 1.43. The van der Waals surface area contributed by atoms with Crippen molar-refractivity contribution in [1.29, 1.82) is 0 Å². The molecule has 174 valence electrons. The quantitative estimate of drug-likeness (QED) is 0.176. The highest BCUT2D eigenvalue weighted by Crippen LogP contribution is 2.42. The number of aliphatic hydroxyl groups excluding tert-OH is 1. The number of aromatic hydroxyl groups is 1. The SMILES string of the molecule is CCOc1cc(C2/C(=C(/O)c3cccc([N+](=O)[O-])c3)C(=O)C(=O)N2Cc2ccco2)ccc1O. The zero-order valence-electron chi connectivity index (χ0n) is 18.0. The molecule has 2 aromatic carbocycles. The number of non-ortho nitro benzene ring substituents is 1. The first kappa shape index (κ1) is 22.6. The van der Waals surface area contributed by atoms with E-state index < -0.39 is 28.4 Å². The first-order chi connectivity index (χ1) is 16.3. The second-order valence-corrected chi connectivity index (χ2v) is 7.47. The van der Waals surface area contributed by atoms with Gasteiger partial charge in [0.05, 0.1) is 36.0 Å². The average molecular weight is 464 g/mol. The van der Waals surface area contributed by atoms with Gasteiger partial charge in [-0.25, -0.2) is 0 Å². The number of nitro benzene ring substituents is 1. The Morgan fingerprint density at radius 2 is 1.97 bits per heavy atom. The summed E-state index contributed by atoms with van der Waals surface area (Å²) in [6.45, 7) is 1.92. The molecule has 4 rings (SSSR count). The Kier molecular flexibility index (Phi) is 6.05. The minimum absolute atomic E-state index is 0.0130. The van der Waals surface area contributed by atoms with Crippen LogP contribution in [-0.2, 0) is 16.1 Å². The first-order valence-electron chi connectivity index (χ1n) is 10.3. The molecule has 2 heterocycles. The summed E-state index contributed by atoms with van der Waals surface area (Å²) in [5, 5.41) is 32.4. The van der Waals surface area contributed by atoms with Gasteiger partial charge in [-0.1, -0.05) is 18.2 Å². The Morgan fingerprint density at radius 3 is 2.65 bits per heavy atom. The average Bonchev–Trinajstić information content (AvgIpc) is 3.43. The molecule has 1 unspecified atom stereocenters. The number of phenolic OH excluding ortho intramolecular Hbond substituents is 1. The van der Waals surface area contributed by atoms with Gasteiger partial charge in [0, 0.05) is 17.7 Å². The summed E-state index contributed by atoms with van der Waals surface area (Å²) in [5.41, 5.74) is -0.128. The monoisotopic (exact) mass is 464 g/mol. The van der Waals surface area contributed by atoms with E-state index in [-0.39, 0.29) is 41.5 Å². The van der Waals surface area contributed by atoms with Crippen LogP contribution in [0.3, 0.4) is 0 Å². The molecular weight excluding hydrogens is 444 g/mol.